The Kier molecular flexibility index (Phi) is 3.78. The van der Waals surface area contributed by atoms with Gasteiger partial charge in [-0.3, -0.25) is 0 Å². The van der Waals surface area contributed by atoms with Crippen LogP contribution in [0.3, 0.4) is 0 Å². The number of hydrogen-bond acceptors (Lipinski definition) is 4. The summed E-state index contributed by atoms with van der Waals surface area (Å²) in [6, 6.07) is 31.7. The Balaban J connectivity index is 1.67. The summed E-state index contributed by atoms with van der Waals surface area (Å²) in [5, 5.41) is 9.15. The third kappa shape index (κ3) is 2.67. The van der Waals surface area contributed by atoms with Crippen molar-refractivity contribution in [1.82, 2.24) is 4.98 Å². The Morgan fingerprint density at radius 3 is 2.14 bits per heavy atom. The van der Waals surface area contributed by atoms with Crippen molar-refractivity contribution in [2.24, 2.45) is 0 Å². The third-order valence-corrected chi connectivity index (χ3v) is 4.70. The second-order valence-corrected chi connectivity index (χ2v) is 6.44. The molecule has 3 aromatic carbocycles. The molecule has 1 aliphatic rings. The van der Waals surface area contributed by atoms with E-state index in [-0.39, 0.29) is 0 Å². The highest BCUT2D eigenvalue weighted by Gasteiger charge is 2.25. The quantitative estimate of drug-likeness (QED) is 0.376. The first-order valence-corrected chi connectivity index (χ1v) is 8.97. The monoisotopic (exact) mass is 361 g/mol. The van der Waals surface area contributed by atoms with Gasteiger partial charge in [-0.2, -0.15) is 5.26 Å². The van der Waals surface area contributed by atoms with E-state index in [1.807, 2.05) is 72.8 Å². The van der Waals surface area contributed by atoms with Crippen LogP contribution < -0.4 is 9.64 Å². The molecule has 2 heterocycles. The van der Waals surface area contributed by atoms with Crippen LogP contribution in [-0.2, 0) is 0 Å². The first kappa shape index (κ1) is 16.1. The fourth-order valence-electron chi connectivity index (χ4n) is 3.44. The molecule has 4 aromatic rings. The van der Waals surface area contributed by atoms with Crippen LogP contribution in [0.1, 0.15) is 5.69 Å². The van der Waals surface area contributed by atoms with E-state index in [1.165, 1.54) is 0 Å². The van der Waals surface area contributed by atoms with Crippen LogP contribution in [0.25, 0.3) is 11.3 Å². The van der Waals surface area contributed by atoms with Gasteiger partial charge >= 0.3 is 0 Å². The molecule has 0 amide bonds. The van der Waals surface area contributed by atoms with E-state index in [0.29, 0.717) is 5.69 Å². The summed E-state index contributed by atoms with van der Waals surface area (Å²) >= 11 is 0. The van der Waals surface area contributed by atoms with Crippen LogP contribution in [0.15, 0.2) is 91.0 Å². The molecular formula is C24H15N3O. The lowest BCUT2D eigenvalue weighted by Gasteiger charge is -2.32. The highest BCUT2D eigenvalue weighted by molar-refractivity contribution is 5.87. The van der Waals surface area contributed by atoms with Crippen molar-refractivity contribution >= 4 is 17.1 Å². The van der Waals surface area contributed by atoms with Crippen LogP contribution in [-0.4, -0.2) is 4.98 Å². The van der Waals surface area contributed by atoms with E-state index in [9.17, 15) is 0 Å². The Morgan fingerprint density at radius 2 is 1.43 bits per heavy atom. The molecule has 0 saturated heterocycles. The first-order valence-electron chi connectivity index (χ1n) is 8.97. The van der Waals surface area contributed by atoms with Crippen LogP contribution >= 0.6 is 0 Å². The Hall–Kier alpha value is -4.10. The maximum absolute atomic E-state index is 9.15. The average Bonchev–Trinajstić information content (AvgIpc) is 2.77. The summed E-state index contributed by atoms with van der Waals surface area (Å²) in [5.41, 5.74) is 5.11. The van der Waals surface area contributed by atoms with E-state index in [4.69, 9.17) is 10.00 Å². The number of benzene rings is 3. The van der Waals surface area contributed by atoms with Gasteiger partial charge in [-0.15, -0.1) is 0 Å². The number of para-hydroxylation sites is 4. The summed E-state index contributed by atoms with van der Waals surface area (Å²) in [5.74, 6) is 1.63. The van der Waals surface area contributed by atoms with Crippen LogP contribution in [0.4, 0.5) is 17.1 Å². The lowest BCUT2D eigenvalue weighted by Crippen LogP contribution is -2.15. The summed E-state index contributed by atoms with van der Waals surface area (Å²) in [4.78, 5) is 6.62. The molecule has 28 heavy (non-hydrogen) atoms. The van der Waals surface area contributed by atoms with Gasteiger partial charge in [-0.25, -0.2) is 4.98 Å². The Morgan fingerprint density at radius 1 is 0.750 bits per heavy atom. The number of hydrogen-bond donors (Lipinski definition) is 0. The predicted octanol–water partition coefficient (Wildman–Crippen LogP) is 6.20. The minimum atomic E-state index is 0.407. The van der Waals surface area contributed by atoms with E-state index >= 15 is 0 Å². The Labute approximate surface area is 162 Å². The van der Waals surface area contributed by atoms with Crippen molar-refractivity contribution in [3.05, 3.63) is 96.7 Å². The average molecular weight is 361 g/mol. The highest BCUT2D eigenvalue weighted by Crippen LogP contribution is 2.50. The van der Waals surface area contributed by atoms with Crippen LogP contribution in [0.2, 0.25) is 0 Å². The first-order chi connectivity index (χ1) is 13.8. The van der Waals surface area contributed by atoms with E-state index in [1.54, 1.807) is 6.07 Å². The summed E-state index contributed by atoms with van der Waals surface area (Å²) in [6.07, 6.45) is 0. The molecule has 0 N–H and O–H groups in total. The zero-order valence-electron chi connectivity index (χ0n) is 14.9. The van der Waals surface area contributed by atoms with Crippen molar-refractivity contribution in [3.8, 4) is 28.8 Å². The maximum Gasteiger partial charge on any atom is 0.151 e. The van der Waals surface area contributed by atoms with Gasteiger partial charge in [0, 0.05) is 11.3 Å². The molecule has 0 spiro atoms. The molecule has 4 heteroatoms. The molecule has 0 radical (unpaired) electrons. The van der Waals surface area contributed by atoms with E-state index in [2.05, 4.69) is 28.1 Å². The van der Waals surface area contributed by atoms with Gasteiger partial charge < -0.3 is 9.64 Å². The highest BCUT2D eigenvalue weighted by atomic mass is 16.5. The largest absolute Gasteiger partial charge is 0.453 e. The van der Waals surface area contributed by atoms with Gasteiger partial charge in [-0.05, 0) is 48.5 Å². The molecule has 1 aromatic heterocycles. The molecule has 4 nitrogen and oxygen atoms in total. The minimum absolute atomic E-state index is 0.407. The lowest BCUT2D eigenvalue weighted by molar-refractivity contribution is 0.477. The van der Waals surface area contributed by atoms with E-state index in [0.717, 1.165) is 39.8 Å². The molecule has 1 aliphatic heterocycles. The SMILES string of the molecule is N#Cc1cccc(-c2cccc(N3c4ccccc4Oc4ccccc43)c2)n1. The number of anilines is 3. The van der Waals surface area contributed by atoms with Crippen molar-refractivity contribution in [2.75, 3.05) is 4.90 Å². The molecular weight excluding hydrogens is 346 g/mol. The van der Waals surface area contributed by atoms with Crippen molar-refractivity contribution in [1.29, 1.82) is 5.26 Å². The molecule has 0 aliphatic carbocycles. The van der Waals surface area contributed by atoms with Crippen LogP contribution in [0, 0.1) is 11.3 Å². The lowest BCUT2D eigenvalue weighted by atomic mass is 10.1. The molecule has 0 bridgehead atoms. The van der Waals surface area contributed by atoms with Crippen molar-refractivity contribution in [2.45, 2.75) is 0 Å². The summed E-state index contributed by atoms with van der Waals surface area (Å²) in [7, 11) is 0. The maximum atomic E-state index is 9.15. The van der Waals surface area contributed by atoms with Gasteiger partial charge in [0.1, 0.15) is 11.8 Å². The van der Waals surface area contributed by atoms with Gasteiger partial charge in [0.05, 0.1) is 17.1 Å². The normalized spacial score (nSPS) is 11.8. The fraction of sp³-hybridized carbons (Fsp3) is 0. The smallest absolute Gasteiger partial charge is 0.151 e. The number of aromatic nitrogens is 1. The number of fused-ring (bicyclic) bond motifs is 2. The zero-order valence-corrected chi connectivity index (χ0v) is 14.9. The van der Waals surface area contributed by atoms with E-state index < -0.39 is 0 Å². The second-order valence-electron chi connectivity index (χ2n) is 6.44. The predicted molar refractivity (Wildman–Crippen MR) is 109 cm³/mol. The number of nitrogens with zero attached hydrogens (tertiary/aromatic N) is 3. The Bertz CT molecular complexity index is 1180. The van der Waals surface area contributed by atoms with Crippen molar-refractivity contribution < 1.29 is 4.74 Å². The van der Waals surface area contributed by atoms with Gasteiger partial charge in [0.2, 0.25) is 0 Å². The van der Waals surface area contributed by atoms with Gasteiger partial charge in [-0.1, -0.05) is 42.5 Å². The number of ether oxygens (including phenoxy) is 1. The standard InChI is InChI=1S/C24H15N3O/c25-16-18-8-6-10-20(26-18)17-7-5-9-19(15-17)27-21-11-1-3-13-23(21)28-24-14-4-2-12-22(24)27/h1-15H. The topological polar surface area (TPSA) is 49.2 Å². The third-order valence-electron chi connectivity index (χ3n) is 4.70. The molecule has 0 fully saturated rings. The number of pyridine rings is 1. The second kappa shape index (κ2) is 6.57. The van der Waals surface area contributed by atoms with Crippen molar-refractivity contribution in [3.63, 3.8) is 0 Å². The molecule has 0 unspecified atom stereocenters. The fourth-order valence-corrected chi connectivity index (χ4v) is 3.44. The molecule has 0 atom stereocenters. The molecule has 132 valence electrons. The van der Waals surface area contributed by atoms with Crippen LogP contribution in [0.5, 0.6) is 11.5 Å². The summed E-state index contributed by atoms with van der Waals surface area (Å²) in [6.45, 7) is 0. The van der Waals surface area contributed by atoms with Gasteiger partial charge in [0.15, 0.2) is 11.5 Å². The number of rotatable bonds is 2. The molecule has 0 saturated carbocycles. The zero-order chi connectivity index (χ0) is 18.9. The summed E-state index contributed by atoms with van der Waals surface area (Å²) < 4.78 is 6.08. The molecule has 5 rings (SSSR count). The minimum Gasteiger partial charge on any atom is -0.453 e. The van der Waals surface area contributed by atoms with Gasteiger partial charge in [0.25, 0.3) is 0 Å². The number of nitriles is 1.